The predicted molar refractivity (Wildman–Crippen MR) is 105 cm³/mol. The summed E-state index contributed by atoms with van der Waals surface area (Å²) in [5.41, 5.74) is 1.03. The van der Waals surface area contributed by atoms with Crippen LogP contribution in [0.5, 0.6) is 0 Å². The molecule has 2 N–H and O–H groups in total. The van der Waals surface area contributed by atoms with Crippen LogP contribution in [0.3, 0.4) is 0 Å². The van der Waals surface area contributed by atoms with Crippen LogP contribution in [0.25, 0.3) is 10.9 Å². The van der Waals surface area contributed by atoms with E-state index in [-0.39, 0.29) is 0 Å². The monoisotopic (exact) mass is 338 g/mol. The van der Waals surface area contributed by atoms with Crippen LogP contribution in [0.15, 0.2) is 24.3 Å². The lowest BCUT2D eigenvalue weighted by Gasteiger charge is -2.28. The van der Waals surface area contributed by atoms with Crippen LogP contribution in [0.4, 0.5) is 11.8 Å². The molecule has 2 atom stereocenters. The Bertz CT molecular complexity index is 708. The third-order valence-corrected chi connectivity index (χ3v) is 5.82. The molecule has 0 bridgehead atoms. The summed E-state index contributed by atoms with van der Waals surface area (Å²) < 4.78 is 0. The molecule has 0 radical (unpaired) electrons. The Morgan fingerprint density at radius 2 is 1.64 bits per heavy atom. The van der Waals surface area contributed by atoms with Crippen LogP contribution in [0.1, 0.15) is 64.7 Å². The van der Waals surface area contributed by atoms with E-state index in [9.17, 15) is 0 Å². The lowest BCUT2D eigenvalue weighted by atomic mass is 9.87. The summed E-state index contributed by atoms with van der Waals surface area (Å²) >= 11 is 0. The summed E-state index contributed by atoms with van der Waals surface area (Å²) in [7, 11) is 0. The first-order valence-corrected chi connectivity index (χ1v) is 10.1. The fraction of sp³-hybridized carbons (Fsp3) is 0.619. The first-order valence-electron chi connectivity index (χ1n) is 10.1. The van der Waals surface area contributed by atoms with E-state index in [2.05, 4.69) is 41.8 Å². The highest BCUT2D eigenvalue weighted by atomic mass is 15.2. The van der Waals surface area contributed by atoms with Gasteiger partial charge in [0.15, 0.2) is 0 Å². The number of hydrogen-bond donors (Lipinski definition) is 2. The zero-order valence-electron chi connectivity index (χ0n) is 15.3. The van der Waals surface area contributed by atoms with Gasteiger partial charge in [0.05, 0.1) is 5.52 Å². The molecule has 4 nitrogen and oxygen atoms in total. The number of aromatic nitrogens is 2. The van der Waals surface area contributed by atoms with Crippen LogP contribution in [-0.4, -0.2) is 22.1 Å². The second-order valence-corrected chi connectivity index (χ2v) is 8.01. The molecule has 2 unspecified atom stereocenters. The normalized spacial score (nSPS) is 25.0. The Morgan fingerprint density at radius 1 is 0.840 bits per heavy atom. The smallest absolute Gasteiger partial charge is 0.225 e. The fourth-order valence-electron chi connectivity index (χ4n) is 4.44. The summed E-state index contributed by atoms with van der Waals surface area (Å²) in [6.07, 6.45) is 11.6. The molecule has 0 amide bonds. The largest absolute Gasteiger partial charge is 0.367 e. The van der Waals surface area contributed by atoms with Crippen molar-refractivity contribution in [2.24, 2.45) is 5.92 Å². The topological polar surface area (TPSA) is 49.8 Å². The average molecular weight is 338 g/mol. The number of anilines is 2. The van der Waals surface area contributed by atoms with E-state index in [0.29, 0.717) is 12.1 Å². The highest BCUT2D eigenvalue weighted by molar-refractivity contribution is 5.90. The molecule has 2 saturated carbocycles. The van der Waals surface area contributed by atoms with Crippen molar-refractivity contribution in [2.75, 3.05) is 10.6 Å². The molecule has 1 aromatic carbocycles. The van der Waals surface area contributed by atoms with Gasteiger partial charge < -0.3 is 10.6 Å². The minimum absolute atomic E-state index is 0.507. The van der Waals surface area contributed by atoms with Crippen molar-refractivity contribution >= 4 is 22.7 Å². The van der Waals surface area contributed by atoms with E-state index in [1.807, 2.05) is 0 Å². The number of rotatable bonds is 4. The molecule has 2 aromatic rings. The lowest BCUT2D eigenvalue weighted by molar-refractivity contribution is 0.358. The standard InChI is InChI=1S/C21H30N4/c1-15-8-7-11-17(14-15)23-21-24-19-13-6-5-12-18(19)20(25-21)22-16-9-3-2-4-10-16/h5-6,12-13,15-17H,2-4,7-11,14H2,1H3,(H2,22,23,24,25). The minimum Gasteiger partial charge on any atom is -0.367 e. The summed E-state index contributed by atoms with van der Waals surface area (Å²) in [4.78, 5) is 9.67. The number of benzene rings is 1. The van der Waals surface area contributed by atoms with Gasteiger partial charge in [-0.25, -0.2) is 4.98 Å². The molecule has 1 aromatic heterocycles. The average Bonchev–Trinajstić information content (AvgIpc) is 2.63. The molecular formula is C21H30N4. The molecule has 2 aliphatic carbocycles. The SMILES string of the molecule is CC1CCCC(Nc2nc(NC3CCCCC3)c3ccccc3n2)C1. The van der Waals surface area contributed by atoms with Crippen LogP contribution >= 0.6 is 0 Å². The van der Waals surface area contributed by atoms with Gasteiger partial charge in [0, 0.05) is 17.5 Å². The van der Waals surface area contributed by atoms with Crippen molar-refractivity contribution in [2.45, 2.75) is 76.8 Å². The van der Waals surface area contributed by atoms with E-state index in [0.717, 1.165) is 28.6 Å². The van der Waals surface area contributed by atoms with Crippen LogP contribution in [0.2, 0.25) is 0 Å². The van der Waals surface area contributed by atoms with Gasteiger partial charge in [-0.2, -0.15) is 4.98 Å². The van der Waals surface area contributed by atoms with Gasteiger partial charge >= 0.3 is 0 Å². The molecule has 4 rings (SSSR count). The quantitative estimate of drug-likeness (QED) is 0.787. The highest BCUT2D eigenvalue weighted by Crippen LogP contribution is 2.29. The zero-order valence-corrected chi connectivity index (χ0v) is 15.3. The lowest BCUT2D eigenvalue weighted by Crippen LogP contribution is -2.28. The van der Waals surface area contributed by atoms with Gasteiger partial charge in [-0.3, -0.25) is 0 Å². The molecule has 134 valence electrons. The Hall–Kier alpha value is -1.84. The Kier molecular flexibility index (Phi) is 5.04. The third-order valence-electron chi connectivity index (χ3n) is 5.82. The predicted octanol–water partition coefficient (Wildman–Crippen LogP) is 5.37. The molecule has 2 aliphatic rings. The summed E-state index contributed by atoms with van der Waals surface area (Å²) in [6, 6.07) is 9.42. The number of hydrogen-bond acceptors (Lipinski definition) is 4. The van der Waals surface area contributed by atoms with Gasteiger partial charge in [0.1, 0.15) is 5.82 Å². The van der Waals surface area contributed by atoms with Crippen molar-refractivity contribution in [1.29, 1.82) is 0 Å². The van der Waals surface area contributed by atoms with Gasteiger partial charge in [-0.1, -0.05) is 51.2 Å². The van der Waals surface area contributed by atoms with Gasteiger partial charge in [0.25, 0.3) is 0 Å². The van der Waals surface area contributed by atoms with Gasteiger partial charge in [0.2, 0.25) is 5.95 Å². The number of nitrogens with zero attached hydrogens (tertiary/aromatic N) is 2. The molecule has 1 heterocycles. The van der Waals surface area contributed by atoms with Crippen molar-refractivity contribution in [3.8, 4) is 0 Å². The molecule has 0 spiro atoms. The second-order valence-electron chi connectivity index (χ2n) is 8.01. The Balaban J connectivity index is 1.58. The zero-order chi connectivity index (χ0) is 17.1. The highest BCUT2D eigenvalue weighted by Gasteiger charge is 2.21. The summed E-state index contributed by atoms with van der Waals surface area (Å²) in [5, 5.41) is 8.47. The summed E-state index contributed by atoms with van der Waals surface area (Å²) in [5.74, 6) is 2.59. The molecule has 0 saturated heterocycles. The van der Waals surface area contributed by atoms with Crippen LogP contribution < -0.4 is 10.6 Å². The number of para-hydroxylation sites is 1. The second kappa shape index (κ2) is 7.59. The third kappa shape index (κ3) is 4.05. The minimum atomic E-state index is 0.507. The van der Waals surface area contributed by atoms with E-state index in [1.165, 1.54) is 57.8 Å². The molecule has 4 heteroatoms. The van der Waals surface area contributed by atoms with Crippen molar-refractivity contribution in [3.63, 3.8) is 0 Å². The first-order chi connectivity index (χ1) is 12.3. The van der Waals surface area contributed by atoms with E-state index >= 15 is 0 Å². The van der Waals surface area contributed by atoms with E-state index in [1.54, 1.807) is 0 Å². The maximum absolute atomic E-state index is 4.88. The molecule has 2 fully saturated rings. The van der Waals surface area contributed by atoms with E-state index < -0.39 is 0 Å². The Morgan fingerprint density at radius 3 is 2.48 bits per heavy atom. The van der Waals surface area contributed by atoms with Crippen molar-refractivity contribution < 1.29 is 0 Å². The van der Waals surface area contributed by atoms with Crippen molar-refractivity contribution in [3.05, 3.63) is 24.3 Å². The van der Waals surface area contributed by atoms with Gasteiger partial charge in [-0.05, 0) is 43.7 Å². The van der Waals surface area contributed by atoms with Crippen LogP contribution in [-0.2, 0) is 0 Å². The summed E-state index contributed by atoms with van der Waals surface area (Å²) in [6.45, 7) is 2.35. The first kappa shape index (κ1) is 16.6. The van der Waals surface area contributed by atoms with E-state index in [4.69, 9.17) is 9.97 Å². The van der Waals surface area contributed by atoms with Crippen molar-refractivity contribution in [1.82, 2.24) is 9.97 Å². The number of nitrogens with one attached hydrogen (secondary N) is 2. The Labute approximate surface area is 150 Å². The number of fused-ring (bicyclic) bond motifs is 1. The van der Waals surface area contributed by atoms with Crippen LogP contribution in [0, 0.1) is 5.92 Å². The fourth-order valence-corrected chi connectivity index (χ4v) is 4.44. The maximum atomic E-state index is 4.88. The molecule has 25 heavy (non-hydrogen) atoms. The van der Waals surface area contributed by atoms with Gasteiger partial charge in [-0.15, -0.1) is 0 Å². The molecular weight excluding hydrogens is 308 g/mol. The molecule has 0 aliphatic heterocycles. The maximum Gasteiger partial charge on any atom is 0.225 e.